The van der Waals surface area contributed by atoms with Crippen LogP contribution in [0, 0.1) is 0 Å². The smallest absolute Gasteiger partial charge is 0.253 e. The van der Waals surface area contributed by atoms with E-state index >= 15 is 0 Å². The van der Waals surface area contributed by atoms with E-state index in [1.54, 1.807) is 24.3 Å². The van der Waals surface area contributed by atoms with Gasteiger partial charge in [-0.3, -0.25) is 9.59 Å². The maximum atomic E-state index is 12.0. The maximum absolute atomic E-state index is 12.0. The Labute approximate surface area is 118 Å². The first-order valence-corrected chi connectivity index (χ1v) is 6.83. The molecule has 0 saturated heterocycles. The molecule has 2 N–H and O–H groups in total. The first-order chi connectivity index (χ1) is 9.04. The van der Waals surface area contributed by atoms with Gasteiger partial charge in [0.05, 0.1) is 11.3 Å². The van der Waals surface area contributed by atoms with Gasteiger partial charge in [-0.05, 0) is 32.4 Å². The molecule has 0 atom stereocenters. The number of carbonyl (C=O) groups is 2. The number of hydrogen-bond donors (Lipinski definition) is 2. The Hall–Kier alpha value is -1.55. The lowest BCUT2D eigenvalue weighted by atomic mass is 10.1. The predicted octanol–water partition coefficient (Wildman–Crippen LogP) is 2.78. The normalized spacial score (nSPS) is 10.3. The van der Waals surface area contributed by atoms with Crippen LogP contribution in [-0.2, 0) is 4.79 Å². The highest BCUT2D eigenvalue weighted by molar-refractivity contribution is 6.18. The number of anilines is 1. The highest BCUT2D eigenvalue weighted by Gasteiger charge is 2.13. The van der Waals surface area contributed by atoms with Crippen LogP contribution >= 0.6 is 11.6 Å². The lowest BCUT2D eigenvalue weighted by molar-refractivity contribution is -0.116. The lowest BCUT2D eigenvalue weighted by Crippen LogP contribution is -2.31. The van der Waals surface area contributed by atoms with Gasteiger partial charge in [-0.2, -0.15) is 0 Å². The van der Waals surface area contributed by atoms with Crippen molar-refractivity contribution < 1.29 is 9.59 Å². The largest absolute Gasteiger partial charge is 0.350 e. The van der Waals surface area contributed by atoms with Gasteiger partial charge in [0.2, 0.25) is 5.91 Å². The van der Waals surface area contributed by atoms with E-state index in [0.717, 1.165) is 0 Å². The van der Waals surface area contributed by atoms with Gasteiger partial charge in [-0.15, -0.1) is 11.6 Å². The summed E-state index contributed by atoms with van der Waals surface area (Å²) in [7, 11) is 0. The van der Waals surface area contributed by atoms with Crippen molar-refractivity contribution in [3.05, 3.63) is 29.8 Å². The van der Waals surface area contributed by atoms with Gasteiger partial charge in [-0.1, -0.05) is 12.1 Å². The number of halogens is 1. The van der Waals surface area contributed by atoms with E-state index in [2.05, 4.69) is 10.6 Å². The SMILES string of the molecule is CC(C)NC(=O)c1ccccc1NC(=O)CCCCl. The van der Waals surface area contributed by atoms with Crippen LogP contribution in [0.4, 0.5) is 5.69 Å². The third-order valence-electron chi connectivity index (χ3n) is 2.40. The molecule has 1 aromatic carbocycles. The molecule has 2 amide bonds. The number of carbonyl (C=O) groups excluding carboxylic acids is 2. The van der Waals surface area contributed by atoms with Crippen molar-refractivity contribution in [2.45, 2.75) is 32.7 Å². The molecule has 1 rings (SSSR count). The van der Waals surface area contributed by atoms with Crippen molar-refractivity contribution in [1.82, 2.24) is 5.32 Å². The fourth-order valence-electron chi connectivity index (χ4n) is 1.57. The summed E-state index contributed by atoms with van der Waals surface area (Å²) in [6.45, 7) is 3.78. The minimum Gasteiger partial charge on any atom is -0.350 e. The summed E-state index contributed by atoms with van der Waals surface area (Å²) in [6, 6.07) is 7.00. The molecule has 0 unspecified atom stereocenters. The number of amides is 2. The van der Waals surface area contributed by atoms with Crippen molar-refractivity contribution in [1.29, 1.82) is 0 Å². The van der Waals surface area contributed by atoms with E-state index < -0.39 is 0 Å². The van der Waals surface area contributed by atoms with Gasteiger partial charge >= 0.3 is 0 Å². The van der Waals surface area contributed by atoms with Crippen molar-refractivity contribution in [3.8, 4) is 0 Å². The third-order valence-corrected chi connectivity index (χ3v) is 2.67. The fourth-order valence-corrected chi connectivity index (χ4v) is 1.70. The average molecular weight is 283 g/mol. The molecule has 0 heterocycles. The van der Waals surface area contributed by atoms with Crippen molar-refractivity contribution in [3.63, 3.8) is 0 Å². The second-order valence-electron chi connectivity index (χ2n) is 4.51. The second-order valence-corrected chi connectivity index (χ2v) is 4.89. The zero-order chi connectivity index (χ0) is 14.3. The van der Waals surface area contributed by atoms with Crippen LogP contribution in [0.3, 0.4) is 0 Å². The molecule has 0 fully saturated rings. The van der Waals surface area contributed by atoms with Gasteiger partial charge < -0.3 is 10.6 Å². The Morgan fingerprint density at radius 3 is 2.58 bits per heavy atom. The topological polar surface area (TPSA) is 58.2 Å². The maximum Gasteiger partial charge on any atom is 0.253 e. The molecule has 4 nitrogen and oxygen atoms in total. The number of rotatable bonds is 6. The van der Waals surface area contributed by atoms with E-state index in [0.29, 0.717) is 30.0 Å². The zero-order valence-electron chi connectivity index (χ0n) is 11.2. The molecule has 1 aromatic rings. The van der Waals surface area contributed by atoms with Crippen LogP contribution in [0.25, 0.3) is 0 Å². The van der Waals surface area contributed by atoms with E-state index in [4.69, 9.17) is 11.6 Å². The molecule has 104 valence electrons. The molecule has 0 aromatic heterocycles. The minimum atomic E-state index is -0.191. The van der Waals surface area contributed by atoms with Gasteiger partial charge in [0.25, 0.3) is 5.91 Å². The highest BCUT2D eigenvalue weighted by atomic mass is 35.5. The van der Waals surface area contributed by atoms with E-state index in [1.807, 2.05) is 13.8 Å². The Bertz CT molecular complexity index is 447. The van der Waals surface area contributed by atoms with Crippen molar-refractivity contribution in [2.75, 3.05) is 11.2 Å². The van der Waals surface area contributed by atoms with Gasteiger partial charge in [0.15, 0.2) is 0 Å². The summed E-state index contributed by atoms with van der Waals surface area (Å²) >= 11 is 5.54. The van der Waals surface area contributed by atoms with Crippen molar-refractivity contribution >= 4 is 29.1 Å². The average Bonchev–Trinajstić information content (AvgIpc) is 2.36. The summed E-state index contributed by atoms with van der Waals surface area (Å²) in [6.07, 6.45) is 0.970. The molecule has 0 radical (unpaired) electrons. The quantitative estimate of drug-likeness (QED) is 0.788. The molecular weight excluding hydrogens is 264 g/mol. The minimum absolute atomic E-state index is 0.0486. The molecule has 19 heavy (non-hydrogen) atoms. The van der Waals surface area contributed by atoms with E-state index in [-0.39, 0.29) is 17.9 Å². The summed E-state index contributed by atoms with van der Waals surface area (Å²) in [4.78, 5) is 23.7. The van der Waals surface area contributed by atoms with Crippen LogP contribution in [-0.4, -0.2) is 23.7 Å². The zero-order valence-corrected chi connectivity index (χ0v) is 12.0. The third kappa shape index (κ3) is 5.30. The standard InChI is InChI=1S/C14H19ClN2O2/c1-10(2)16-14(19)11-6-3-4-7-12(11)17-13(18)8-5-9-15/h3-4,6-7,10H,5,8-9H2,1-2H3,(H,16,19)(H,17,18). The number of para-hydroxylation sites is 1. The molecule has 0 aliphatic rings. The molecule has 5 heteroatoms. The van der Waals surface area contributed by atoms with Gasteiger partial charge in [-0.25, -0.2) is 0 Å². The first-order valence-electron chi connectivity index (χ1n) is 6.30. The fraction of sp³-hybridized carbons (Fsp3) is 0.429. The molecule has 0 aliphatic carbocycles. The first kappa shape index (κ1) is 15.5. The van der Waals surface area contributed by atoms with Crippen LogP contribution in [0.5, 0.6) is 0 Å². The van der Waals surface area contributed by atoms with Gasteiger partial charge in [0, 0.05) is 18.3 Å². The van der Waals surface area contributed by atoms with Crippen LogP contribution < -0.4 is 10.6 Å². The van der Waals surface area contributed by atoms with Gasteiger partial charge in [0.1, 0.15) is 0 Å². The van der Waals surface area contributed by atoms with Crippen molar-refractivity contribution in [2.24, 2.45) is 0 Å². The number of hydrogen-bond acceptors (Lipinski definition) is 2. The molecule has 0 bridgehead atoms. The number of benzene rings is 1. The Kier molecular flexibility index (Phi) is 6.36. The van der Waals surface area contributed by atoms with E-state index in [9.17, 15) is 9.59 Å². The summed E-state index contributed by atoms with van der Waals surface area (Å²) in [5.41, 5.74) is 0.996. The number of nitrogens with one attached hydrogen (secondary N) is 2. The Morgan fingerprint density at radius 1 is 1.26 bits per heavy atom. The molecule has 0 spiro atoms. The highest BCUT2D eigenvalue weighted by Crippen LogP contribution is 2.15. The molecular formula is C14H19ClN2O2. The Balaban J connectivity index is 2.78. The summed E-state index contributed by atoms with van der Waals surface area (Å²) in [5.74, 6) is 0.122. The number of alkyl halides is 1. The lowest BCUT2D eigenvalue weighted by Gasteiger charge is -2.13. The monoisotopic (exact) mass is 282 g/mol. The van der Waals surface area contributed by atoms with E-state index in [1.165, 1.54) is 0 Å². The summed E-state index contributed by atoms with van der Waals surface area (Å²) in [5, 5.41) is 5.55. The van der Waals surface area contributed by atoms with Crippen LogP contribution in [0.15, 0.2) is 24.3 Å². The summed E-state index contributed by atoms with van der Waals surface area (Å²) < 4.78 is 0. The molecule has 0 saturated carbocycles. The van der Waals surface area contributed by atoms with Crippen LogP contribution in [0.1, 0.15) is 37.0 Å². The van der Waals surface area contributed by atoms with Crippen LogP contribution in [0.2, 0.25) is 0 Å². The predicted molar refractivity (Wildman–Crippen MR) is 77.6 cm³/mol. The molecule has 0 aliphatic heterocycles. The second kappa shape index (κ2) is 7.79. The Morgan fingerprint density at radius 2 is 1.95 bits per heavy atom.